The first kappa shape index (κ1) is 15.5. The Bertz CT molecular complexity index is 525. The molecule has 0 saturated carbocycles. The fraction of sp³-hybridized carbons (Fsp3) is 0.769. The van der Waals surface area contributed by atoms with Gasteiger partial charge in [0.2, 0.25) is 10.0 Å². The molecule has 0 aliphatic carbocycles. The molecule has 2 heterocycles. The summed E-state index contributed by atoms with van der Waals surface area (Å²) in [6.45, 7) is 9.31. The molecule has 0 unspecified atom stereocenters. The van der Waals surface area contributed by atoms with Crippen LogP contribution in [0.4, 0.5) is 0 Å². The van der Waals surface area contributed by atoms with Gasteiger partial charge in [-0.15, -0.1) is 0 Å². The number of nitrogens with one attached hydrogen (secondary N) is 2. The van der Waals surface area contributed by atoms with Crippen molar-refractivity contribution in [3.05, 3.63) is 11.4 Å². The Hall–Kier alpha value is -0.920. The standard InChI is InChI=1S/C13H24N4O2S/c1-4-17-7-5-12(6-8-17)9-14-20(18,19)13-10(2)15-16-11(13)3/h12,14H,4-9H2,1-3H3,(H,15,16). The lowest BCUT2D eigenvalue weighted by molar-refractivity contribution is 0.193. The number of likely N-dealkylation sites (tertiary alicyclic amines) is 1. The van der Waals surface area contributed by atoms with E-state index in [2.05, 4.69) is 26.7 Å². The quantitative estimate of drug-likeness (QED) is 0.851. The van der Waals surface area contributed by atoms with Crippen molar-refractivity contribution >= 4 is 10.0 Å². The average molecular weight is 300 g/mol. The number of nitrogens with zero attached hydrogens (tertiary/aromatic N) is 2. The van der Waals surface area contributed by atoms with Crippen LogP contribution in [0, 0.1) is 19.8 Å². The molecule has 114 valence electrons. The SMILES string of the molecule is CCN1CCC(CNS(=O)(=O)c2c(C)n[nH]c2C)CC1. The molecule has 0 amide bonds. The Morgan fingerprint density at radius 2 is 2.00 bits per heavy atom. The van der Waals surface area contributed by atoms with Crippen LogP contribution in [0.3, 0.4) is 0 Å². The molecule has 1 aliphatic heterocycles. The Balaban J connectivity index is 1.94. The predicted molar refractivity (Wildman–Crippen MR) is 78.1 cm³/mol. The number of aromatic amines is 1. The van der Waals surface area contributed by atoms with E-state index >= 15 is 0 Å². The van der Waals surface area contributed by atoms with Crippen molar-refractivity contribution in [2.75, 3.05) is 26.2 Å². The van der Waals surface area contributed by atoms with Gasteiger partial charge in [0, 0.05) is 6.54 Å². The number of H-pyrrole nitrogens is 1. The van der Waals surface area contributed by atoms with E-state index in [0.29, 0.717) is 28.7 Å². The maximum Gasteiger partial charge on any atom is 0.244 e. The zero-order valence-electron chi connectivity index (χ0n) is 12.4. The number of aryl methyl sites for hydroxylation is 2. The molecule has 1 saturated heterocycles. The van der Waals surface area contributed by atoms with Crippen molar-refractivity contribution < 1.29 is 8.42 Å². The number of hydrogen-bond donors (Lipinski definition) is 2. The van der Waals surface area contributed by atoms with E-state index in [4.69, 9.17) is 0 Å². The van der Waals surface area contributed by atoms with Gasteiger partial charge in [-0.05, 0) is 52.2 Å². The smallest absolute Gasteiger partial charge is 0.244 e. The first-order valence-electron chi connectivity index (χ1n) is 7.17. The zero-order valence-corrected chi connectivity index (χ0v) is 13.3. The van der Waals surface area contributed by atoms with Crippen molar-refractivity contribution in [3.8, 4) is 0 Å². The van der Waals surface area contributed by atoms with Gasteiger partial charge in [0.25, 0.3) is 0 Å². The van der Waals surface area contributed by atoms with Crippen LogP contribution in [-0.4, -0.2) is 49.7 Å². The third-order valence-corrected chi connectivity index (χ3v) is 5.73. The summed E-state index contributed by atoms with van der Waals surface area (Å²) in [7, 11) is -3.45. The molecule has 1 aromatic rings. The Labute approximate surface area is 121 Å². The van der Waals surface area contributed by atoms with Gasteiger partial charge in [-0.1, -0.05) is 6.92 Å². The number of sulfonamides is 1. The maximum atomic E-state index is 12.3. The van der Waals surface area contributed by atoms with Crippen molar-refractivity contribution in [3.63, 3.8) is 0 Å². The second-order valence-electron chi connectivity index (χ2n) is 5.49. The molecule has 20 heavy (non-hydrogen) atoms. The highest BCUT2D eigenvalue weighted by molar-refractivity contribution is 7.89. The third kappa shape index (κ3) is 3.39. The van der Waals surface area contributed by atoms with Crippen molar-refractivity contribution in [2.24, 2.45) is 5.92 Å². The Morgan fingerprint density at radius 3 is 2.50 bits per heavy atom. The Morgan fingerprint density at radius 1 is 1.35 bits per heavy atom. The normalized spacial score (nSPS) is 18.6. The summed E-state index contributed by atoms with van der Waals surface area (Å²) in [4.78, 5) is 2.69. The van der Waals surface area contributed by atoms with Crippen LogP contribution in [0.5, 0.6) is 0 Å². The van der Waals surface area contributed by atoms with E-state index in [1.165, 1.54) is 0 Å². The summed E-state index contributed by atoms with van der Waals surface area (Å²) in [5.74, 6) is 0.431. The second-order valence-corrected chi connectivity index (χ2v) is 7.20. The third-order valence-electron chi connectivity index (χ3n) is 4.05. The van der Waals surface area contributed by atoms with Crippen LogP contribution in [0.2, 0.25) is 0 Å². The molecule has 1 aromatic heterocycles. The number of piperidine rings is 1. The number of rotatable bonds is 5. The lowest BCUT2D eigenvalue weighted by atomic mass is 9.97. The lowest BCUT2D eigenvalue weighted by Gasteiger charge is -2.30. The van der Waals surface area contributed by atoms with Crippen LogP contribution in [0.1, 0.15) is 31.2 Å². The first-order chi connectivity index (χ1) is 9.44. The minimum Gasteiger partial charge on any atom is -0.304 e. The summed E-state index contributed by atoms with van der Waals surface area (Å²) < 4.78 is 27.4. The minimum atomic E-state index is -3.45. The Kier molecular flexibility index (Phi) is 4.82. The zero-order chi connectivity index (χ0) is 14.8. The van der Waals surface area contributed by atoms with Gasteiger partial charge in [0.1, 0.15) is 4.90 Å². The topological polar surface area (TPSA) is 78.1 Å². The molecule has 0 radical (unpaired) electrons. The molecule has 2 N–H and O–H groups in total. The van der Waals surface area contributed by atoms with Crippen LogP contribution >= 0.6 is 0 Å². The summed E-state index contributed by atoms with van der Waals surface area (Å²) >= 11 is 0. The van der Waals surface area contributed by atoms with E-state index in [-0.39, 0.29) is 0 Å². The number of aromatic nitrogens is 2. The van der Waals surface area contributed by atoms with Gasteiger partial charge in [-0.25, -0.2) is 13.1 Å². The van der Waals surface area contributed by atoms with Gasteiger partial charge in [-0.2, -0.15) is 5.10 Å². The molecule has 1 fully saturated rings. The highest BCUT2D eigenvalue weighted by atomic mass is 32.2. The van der Waals surface area contributed by atoms with Crippen LogP contribution in [-0.2, 0) is 10.0 Å². The highest BCUT2D eigenvalue weighted by Gasteiger charge is 2.24. The lowest BCUT2D eigenvalue weighted by Crippen LogP contribution is -2.38. The second kappa shape index (κ2) is 6.24. The monoisotopic (exact) mass is 300 g/mol. The molecule has 0 atom stereocenters. The van der Waals surface area contributed by atoms with Crippen molar-refractivity contribution in [1.82, 2.24) is 19.8 Å². The van der Waals surface area contributed by atoms with Crippen LogP contribution < -0.4 is 4.72 Å². The highest BCUT2D eigenvalue weighted by Crippen LogP contribution is 2.19. The van der Waals surface area contributed by atoms with E-state index in [0.717, 1.165) is 32.5 Å². The molecular formula is C13H24N4O2S. The van der Waals surface area contributed by atoms with Gasteiger partial charge >= 0.3 is 0 Å². The molecule has 7 heteroatoms. The first-order valence-corrected chi connectivity index (χ1v) is 8.66. The van der Waals surface area contributed by atoms with Crippen molar-refractivity contribution in [1.29, 1.82) is 0 Å². The van der Waals surface area contributed by atoms with Crippen molar-refractivity contribution in [2.45, 2.75) is 38.5 Å². The predicted octanol–water partition coefficient (Wildman–Crippen LogP) is 1.04. The van der Waals surface area contributed by atoms with Crippen LogP contribution in [0.15, 0.2) is 4.90 Å². The minimum absolute atomic E-state index is 0.295. The molecule has 0 bridgehead atoms. The fourth-order valence-corrected chi connectivity index (χ4v) is 4.23. The molecular weight excluding hydrogens is 276 g/mol. The van der Waals surface area contributed by atoms with Gasteiger partial charge in [0.05, 0.1) is 11.4 Å². The van der Waals surface area contributed by atoms with Gasteiger partial charge in [-0.3, -0.25) is 5.10 Å². The number of hydrogen-bond acceptors (Lipinski definition) is 4. The largest absolute Gasteiger partial charge is 0.304 e. The van der Waals surface area contributed by atoms with E-state index in [1.54, 1.807) is 13.8 Å². The molecule has 0 aromatic carbocycles. The molecule has 2 rings (SSSR count). The maximum absolute atomic E-state index is 12.3. The van der Waals surface area contributed by atoms with Gasteiger partial charge < -0.3 is 4.90 Å². The average Bonchev–Trinajstić information content (AvgIpc) is 2.77. The van der Waals surface area contributed by atoms with E-state index < -0.39 is 10.0 Å². The summed E-state index contributed by atoms with van der Waals surface area (Å²) in [5.41, 5.74) is 1.12. The summed E-state index contributed by atoms with van der Waals surface area (Å²) in [6, 6.07) is 0. The summed E-state index contributed by atoms with van der Waals surface area (Å²) in [6.07, 6.45) is 2.11. The van der Waals surface area contributed by atoms with Crippen LogP contribution in [0.25, 0.3) is 0 Å². The van der Waals surface area contributed by atoms with E-state index in [9.17, 15) is 8.42 Å². The molecule has 6 nitrogen and oxygen atoms in total. The summed E-state index contributed by atoms with van der Waals surface area (Å²) in [5, 5.41) is 6.67. The fourth-order valence-electron chi connectivity index (χ4n) is 2.74. The molecule has 1 aliphatic rings. The molecule has 0 spiro atoms. The van der Waals surface area contributed by atoms with E-state index in [1.807, 2.05) is 0 Å². The van der Waals surface area contributed by atoms with Gasteiger partial charge in [0.15, 0.2) is 0 Å².